The molecule has 2 heterocycles. The molecule has 0 radical (unpaired) electrons. The lowest BCUT2D eigenvalue weighted by molar-refractivity contribution is 0.102. The van der Waals surface area contributed by atoms with Crippen molar-refractivity contribution < 1.29 is 4.79 Å². The van der Waals surface area contributed by atoms with E-state index in [1.54, 1.807) is 0 Å². The van der Waals surface area contributed by atoms with Crippen molar-refractivity contribution >= 4 is 11.6 Å². The van der Waals surface area contributed by atoms with Gasteiger partial charge in [0.25, 0.3) is 5.91 Å². The summed E-state index contributed by atoms with van der Waals surface area (Å²) < 4.78 is 0. The molecule has 0 unspecified atom stereocenters. The van der Waals surface area contributed by atoms with Gasteiger partial charge in [0, 0.05) is 17.9 Å². The number of pyridine rings is 1. The summed E-state index contributed by atoms with van der Waals surface area (Å²) in [5, 5.41) is 6.31. The number of rotatable bonds is 2. The average Bonchev–Trinajstić information content (AvgIpc) is 2.47. The van der Waals surface area contributed by atoms with Crippen molar-refractivity contribution in [1.82, 2.24) is 10.3 Å². The molecule has 1 aromatic heterocycles. The third kappa shape index (κ3) is 2.95. The molecule has 21 heavy (non-hydrogen) atoms. The molecule has 0 fully saturated rings. The minimum absolute atomic E-state index is 0.108. The van der Waals surface area contributed by atoms with Gasteiger partial charge in [0.1, 0.15) is 0 Å². The molecule has 0 spiro atoms. The van der Waals surface area contributed by atoms with E-state index < -0.39 is 0 Å². The zero-order chi connectivity index (χ0) is 14.8. The SMILES string of the molecule is Cc1ccc(C(=O)Nc2ccc3c(c2)CNCC3)c(C)n1. The van der Waals surface area contributed by atoms with E-state index in [4.69, 9.17) is 0 Å². The van der Waals surface area contributed by atoms with Crippen molar-refractivity contribution in [3.63, 3.8) is 0 Å². The molecule has 0 saturated heterocycles. The van der Waals surface area contributed by atoms with Crippen molar-refractivity contribution in [2.24, 2.45) is 0 Å². The topological polar surface area (TPSA) is 54.0 Å². The zero-order valence-corrected chi connectivity index (χ0v) is 12.4. The minimum atomic E-state index is -0.108. The quantitative estimate of drug-likeness (QED) is 0.889. The van der Waals surface area contributed by atoms with Gasteiger partial charge in [-0.2, -0.15) is 0 Å². The summed E-state index contributed by atoms with van der Waals surface area (Å²) in [7, 11) is 0. The largest absolute Gasteiger partial charge is 0.322 e. The molecule has 4 nitrogen and oxygen atoms in total. The van der Waals surface area contributed by atoms with Crippen molar-refractivity contribution in [3.8, 4) is 0 Å². The fraction of sp³-hybridized carbons (Fsp3) is 0.294. The first kappa shape index (κ1) is 13.8. The van der Waals surface area contributed by atoms with E-state index in [9.17, 15) is 4.79 Å². The Morgan fingerprint density at radius 2 is 2.05 bits per heavy atom. The van der Waals surface area contributed by atoms with Crippen LogP contribution in [-0.2, 0) is 13.0 Å². The molecule has 2 aromatic rings. The van der Waals surface area contributed by atoms with Crippen LogP contribution in [0.3, 0.4) is 0 Å². The second-order valence-corrected chi connectivity index (χ2v) is 5.45. The molecular formula is C17H19N3O. The lowest BCUT2D eigenvalue weighted by Gasteiger charge is -2.18. The van der Waals surface area contributed by atoms with Crippen LogP contribution in [0.15, 0.2) is 30.3 Å². The van der Waals surface area contributed by atoms with Crippen LogP contribution in [0.1, 0.15) is 32.9 Å². The Morgan fingerprint density at radius 3 is 2.86 bits per heavy atom. The van der Waals surface area contributed by atoms with Gasteiger partial charge in [-0.15, -0.1) is 0 Å². The second-order valence-electron chi connectivity index (χ2n) is 5.45. The van der Waals surface area contributed by atoms with Crippen LogP contribution >= 0.6 is 0 Å². The van der Waals surface area contributed by atoms with Gasteiger partial charge in [-0.25, -0.2) is 0 Å². The molecule has 2 N–H and O–H groups in total. The average molecular weight is 281 g/mol. The summed E-state index contributed by atoms with van der Waals surface area (Å²) in [4.78, 5) is 16.7. The van der Waals surface area contributed by atoms with Gasteiger partial charge in [0.05, 0.1) is 11.3 Å². The normalized spacial score (nSPS) is 13.6. The molecule has 1 amide bonds. The van der Waals surface area contributed by atoms with Crippen molar-refractivity contribution in [1.29, 1.82) is 0 Å². The highest BCUT2D eigenvalue weighted by atomic mass is 16.1. The number of hydrogen-bond donors (Lipinski definition) is 2. The van der Waals surface area contributed by atoms with Crippen molar-refractivity contribution in [2.45, 2.75) is 26.8 Å². The Kier molecular flexibility index (Phi) is 3.71. The van der Waals surface area contributed by atoms with E-state index in [2.05, 4.69) is 27.8 Å². The van der Waals surface area contributed by atoms with E-state index in [-0.39, 0.29) is 5.91 Å². The number of benzene rings is 1. The van der Waals surface area contributed by atoms with Crippen LogP contribution in [0.25, 0.3) is 0 Å². The standard InChI is InChI=1S/C17H19N3O/c1-11-3-6-16(12(2)19-11)17(21)20-15-5-4-13-7-8-18-10-14(13)9-15/h3-6,9,18H,7-8,10H2,1-2H3,(H,20,21). The van der Waals surface area contributed by atoms with E-state index in [1.165, 1.54) is 11.1 Å². The van der Waals surface area contributed by atoms with Gasteiger partial charge < -0.3 is 10.6 Å². The third-order valence-electron chi connectivity index (χ3n) is 3.82. The van der Waals surface area contributed by atoms with Gasteiger partial charge in [-0.3, -0.25) is 9.78 Å². The number of aryl methyl sites for hydroxylation is 2. The minimum Gasteiger partial charge on any atom is -0.322 e. The van der Waals surface area contributed by atoms with Gasteiger partial charge >= 0.3 is 0 Å². The fourth-order valence-corrected chi connectivity index (χ4v) is 2.68. The molecule has 108 valence electrons. The van der Waals surface area contributed by atoms with Crippen LogP contribution in [-0.4, -0.2) is 17.4 Å². The molecular weight excluding hydrogens is 262 g/mol. The lowest BCUT2D eigenvalue weighted by atomic mass is 10.0. The second kappa shape index (κ2) is 5.66. The maximum atomic E-state index is 12.3. The Bertz CT molecular complexity index is 694. The van der Waals surface area contributed by atoms with Gasteiger partial charge in [0.15, 0.2) is 0 Å². The number of amides is 1. The summed E-state index contributed by atoms with van der Waals surface area (Å²) >= 11 is 0. The summed E-state index contributed by atoms with van der Waals surface area (Å²) in [6.07, 6.45) is 1.05. The Balaban J connectivity index is 1.81. The predicted molar refractivity (Wildman–Crippen MR) is 83.5 cm³/mol. The molecule has 4 heteroatoms. The number of carbonyl (C=O) groups is 1. The molecule has 3 rings (SSSR count). The first-order valence-corrected chi connectivity index (χ1v) is 7.21. The number of nitrogens with one attached hydrogen (secondary N) is 2. The van der Waals surface area contributed by atoms with E-state index >= 15 is 0 Å². The smallest absolute Gasteiger partial charge is 0.257 e. The highest BCUT2D eigenvalue weighted by Crippen LogP contribution is 2.20. The van der Waals surface area contributed by atoms with Crippen LogP contribution < -0.4 is 10.6 Å². The Morgan fingerprint density at radius 1 is 1.19 bits per heavy atom. The first-order chi connectivity index (χ1) is 10.1. The lowest BCUT2D eigenvalue weighted by Crippen LogP contribution is -2.24. The van der Waals surface area contributed by atoms with Crippen LogP contribution in [0, 0.1) is 13.8 Å². The van der Waals surface area contributed by atoms with Gasteiger partial charge in [0.2, 0.25) is 0 Å². The molecule has 0 aliphatic carbocycles. The maximum Gasteiger partial charge on any atom is 0.257 e. The summed E-state index contributed by atoms with van der Waals surface area (Å²) in [6.45, 7) is 5.67. The number of aromatic nitrogens is 1. The molecule has 1 aromatic carbocycles. The number of anilines is 1. The maximum absolute atomic E-state index is 12.3. The zero-order valence-electron chi connectivity index (χ0n) is 12.4. The Labute approximate surface area is 124 Å². The summed E-state index contributed by atoms with van der Waals surface area (Å²) in [6, 6.07) is 9.81. The summed E-state index contributed by atoms with van der Waals surface area (Å²) in [5.74, 6) is -0.108. The highest BCUT2D eigenvalue weighted by Gasteiger charge is 2.13. The van der Waals surface area contributed by atoms with E-state index in [0.29, 0.717) is 5.56 Å². The van der Waals surface area contributed by atoms with Crippen LogP contribution in [0.5, 0.6) is 0 Å². The highest BCUT2D eigenvalue weighted by molar-refractivity contribution is 6.05. The van der Waals surface area contributed by atoms with Gasteiger partial charge in [-0.05, 0) is 62.2 Å². The van der Waals surface area contributed by atoms with Crippen molar-refractivity contribution in [3.05, 3.63) is 58.4 Å². The van der Waals surface area contributed by atoms with E-state index in [0.717, 1.165) is 36.6 Å². The molecule has 0 bridgehead atoms. The van der Waals surface area contributed by atoms with Crippen LogP contribution in [0.4, 0.5) is 5.69 Å². The third-order valence-corrected chi connectivity index (χ3v) is 3.82. The first-order valence-electron chi connectivity index (χ1n) is 7.21. The van der Waals surface area contributed by atoms with Crippen LogP contribution in [0.2, 0.25) is 0 Å². The fourth-order valence-electron chi connectivity index (χ4n) is 2.68. The van der Waals surface area contributed by atoms with Crippen molar-refractivity contribution in [2.75, 3.05) is 11.9 Å². The molecule has 1 aliphatic heterocycles. The predicted octanol–water partition coefficient (Wildman–Crippen LogP) is 2.60. The number of nitrogens with zero attached hydrogens (tertiary/aromatic N) is 1. The van der Waals surface area contributed by atoms with E-state index in [1.807, 2.05) is 32.0 Å². The summed E-state index contributed by atoms with van der Waals surface area (Å²) in [5.41, 5.74) is 5.76. The Hall–Kier alpha value is -2.20. The molecule has 0 saturated carbocycles. The number of carbonyl (C=O) groups excluding carboxylic acids is 1. The molecule has 1 aliphatic rings. The monoisotopic (exact) mass is 281 g/mol. The molecule has 0 atom stereocenters. The number of fused-ring (bicyclic) bond motifs is 1. The van der Waals surface area contributed by atoms with Gasteiger partial charge in [-0.1, -0.05) is 6.07 Å². The number of hydrogen-bond acceptors (Lipinski definition) is 3.